The van der Waals surface area contributed by atoms with Crippen LogP contribution in [0.15, 0.2) is 41.5 Å². The van der Waals surface area contributed by atoms with Gasteiger partial charge in [-0.2, -0.15) is 0 Å². The zero-order chi connectivity index (χ0) is 15.1. The second kappa shape index (κ2) is 5.01. The number of aromatic amines is 2. The Bertz CT molecular complexity index is 1020. The van der Waals surface area contributed by atoms with Crippen molar-refractivity contribution in [1.29, 1.82) is 0 Å². The third-order valence-corrected chi connectivity index (χ3v) is 5.54. The van der Waals surface area contributed by atoms with E-state index in [4.69, 9.17) is 5.73 Å². The van der Waals surface area contributed by atoms with Gasteiger partial charge in [0.25, 0.3) is 0 Å². The second-order valence-electron chi connectivity index (χ2n) is 4.76. The Labute approximate surface area is 130 Å². The van der Waals surface area contributed by atoms with Crippen molar-refractivity contribution in [2.75, 3.05) is 5.73 Å². The van der Waals surface area contributed by atoms with Gasteiger partial charge < -0.3 is 0 Å². The molecule has 4 N–H and O–H groups in total. The molecule has 0 aliphatic heterocycles. The van der Waals surface area contributed by atoms with Crippen molar-refractivity contribution in [2.45, 2.75) is 5.32 Å². The third-order valence-electron chi connectivity index (χ3n) is 3.39. The predicted molar refractivity (Wildman–Crippen MR) is 85.4 cm³/mol. The Hall–Kier alpha value is -2.57. The first-order valence-corrected chi connectivity index (χ1v) is 8.71. The number of hydrogen-bond acceptors (Lipinski definition) is 4. The molecule has 8 heteroatoms. The first-order valence-electron chi connectivity index (χ1n) is 6.64. The maximum atomic E-state index is 11.9. The van der Waals surface area contributed by atoms with Gasteiger partial charge in [0.05, 0.1) is 0 Å². The average Bonchev–Trinajstić information content (AvgIpc) is 3.12. The zero-order valence-electron chi connectivity index (χ0n) is 11.4. The molecule has 0 unspecified atom stereocenters. The summed E-state index contributed by atoms with van der Waals surface area (Å²) in [6.07, 6.45) is 1.48. The van der Waals surface area contributed by atoms with E-state index >= 15 is 0 Å². The molecule has 22 heavy (non-hydrogen) atoms. The van der Waals surface area contributed by atoms with Crippen molar-refractivity contribution in [3.63, 3.8) is 0 Å². The number of H-pyrrole nitrogens is 2. The van der Waals surface area contributed by atoms with Gasteiger partial charge in [0.1, 0.15) is 0 Å². The summed E-state index contributed by atoms with van der Waals surface area (Å²) in [4.78, 5) is 26.1. The summed E-state index contributed by atoms with van der Waals surface area (Å²) in [5.41, 5.74) is 7.66. The summed E-state index contributed by atoms with van der Waals surface area (Å²) in [6, 6.07) is 10.2. The molecule has 4 aromatic rings. The van der Waals surface area contributed by atoms with Crippen molar-refractivity contribution in [1.82, 2.24) is 24.3 Å². The molecule has 3 aromatic heterocycles. The Morgan fingerprint density at radius 2 is 2.09 bits per heavy atom. The molecule has 110 valence electrons. The number of nitrogens with zero attached hydrogens (tertiary/aromatic N) is 3. The standard InChI is InChI=1S/C14H12N6OSe/c15-11-9(6-22-8-4-2-1-3-5-8)18-14-19-13(21)10-12(20(11)14)17-7-16-10/h1-5,7H,6,15H2,(H,16,17)(H,18,19,21). The van der Waals surface area contributed by atoms with Gasteiger partial charge >= 0.3 is 130 Å². The Morgan fingerprint density at radius 3 is 2.91 bits per heavy atom. The van der Waals surface area contributed by atoms with E-state index in [2.05, 4.69) is 32.1 Å². The van der Waals surface area contributed by atoms with E-state index in [0.29, 0.717) is 22.8 Å². The number of hydrogen-bond donors (Lipinski definition) is 3. The van der Waals surface area contributed by atoms with E-state index in [9.17, 15) is 4.79 Å². The third kappa shape index (κ3) is 2.01. The fourth-order valence-corrected chi connectivity index (χ4v) is 4.15. The molecule has 0 aliphatic carbocycles. The zero-order valence-corrected chi connectivity index (χ0v) is 13.1. The number of nitrogens with one attached hydrogen (secondary N) is 2. The molecular formula is C14H12N6OSe. The molecule has 0 spiro atoms. The maximum absolute atomic E-state index is 11.9. The first kappa shape index (κ1) is 13.1. The van der Waals surface area contributed by atoms with Crippen LogP contribution in [-0.4, -0.2) is 39.3 Å². The number of nitrogen functional groups attached to an aromatic ring is 1. The predicted octanol–water partition coefficient (Wildman–Crippen LogP) is 0.0108. The van der Waals surface area contributed by atoms with Gasteiger partial charge in [0.2, 0.25) is 0 Å². The summed E-state index contributed by atoms with van der Waals surface area (Å²) >= 11 is 0.234. The van der Waals surface area contributed by atoms with E-state index in [1.165, 1.54) is 10.8 Å². The number of fused-ring (bicyclic) bond motifs is 3. The van der Waals surface area contributed by atoms with E-state index in [1.807, 2.05) is 18.2 Å². The van der Waals surface area contributed by atoms with Crippen molar-refractivity contribution >= 4 is 42.2 Å². The van der Waals surface area contributed by atoms with Crippen molar-refractivity contribution < 1.29 is 0 Å². The number of rotatable bonds is 3. The molecule has 4 rings (SSSR count). The molecule has 0 bridgehead atoms. The van der Waals surface area contributed by atoms with E-state index in [1.54, 1.807) is 4.40 Å². The van der Waals surface area contributed by atoms with Crippen LogP contribution in [0.25, 0.3) is 16.9 Å². The van der Waals surface area contributed by atoms with Crippen LogP contribution in [0, 0.1) is 0 Å². The van der Waals surface area contributed by atoms with Crippen molar-refractivity contribution in [3.8, 4) is 0 Å². The minimum absolute atomic E-state index is 0.234. The van der Waals surface area contributed by atoms with Crippen LogP contribution in [0.2, 0.25) is 0 Å². The Kier molecular flexibility index (Phi) is 2.99. The van der Waals surface area contributed by atoms with E-state index < -0.39 is 0 Å². The molecule has 0 aliphatic rings. The van der Waals surface area contributed by atoms with Gasteiger partial charge in [-0.05, 0) is 0 Å². The number of benzene rings is 1. The van der Waals surface area contributed by atoms with Crippen LogP contribution in [0.5, 0.6) is 0 Å². The average molecular weight is 359 g/mol. The summed E-state index contributed by atoms with van der Waals surface area (Å²) in [5.74, 6) is 0.960. The minimum atomic E-state index is -0.245. The van der Waals surface area contributed by atoms with Crippen LogP contribution in [0.1, 0.15) is 5.69 Å². The molecule has 0 saturated heterocycles. The molecule has 1 aromatic carbocycles. The normalized spacial score (nSPS) is 11.5. The molecule has 0 amide bonds. The quantitative estimate of drug-likeness (QED) is 0.448. The van der Waals surface area contributed by atoms with Crippen LogP contribution < -0.4 is 15.8 Å². The van der Waals surface area contributed by atoms with Crippen LogP contribution in [0.3, 0.4) is 0 Å². The number of anilines is 1. The van der Waals surface area contributed by atoms with Crippen molar-refractivity contribution in [2.24, 2.45) is 0 Å². The Balaban J connectivity index is 1.79. The van der Waals surface area contributed by atoms with Crippen LogP contribution in [0.4, 0.5) is 5.82 Å². The summed E-state index contributed by atoms with van der Waals surface area (Å²) in [7, 11) is 0. The molecule has 0 saturated carbocycles. The first-order chi connectivity index (χ1) is 10.7. The molecule has 0 fully saturated rings. The van der Waals surface area contributed by atoms with Gasteiger partial charge in [-0.3, -0.25) is 0 Å². The monoisotopic (exact) mass is 360 g/mol. The molecular weight excluding hydrogens is 347 g/mol. The summed E-state index contributed by atoms with van der Waals surface area (Å²) in [6.45, 7) is 0. The van der Waals surface area contributed by atoms with Crippen LogP contribution in [-0.2, 0) is 5.32 Å². The van der Waals surface area contributed by atoms with Gasteiger partial charge in [-0.25, -0.2) is 0 Å². The number of imidazole rings is 2. The topological polar surface area (TPSA) is 105 Å². The summed E-state index contributed by atoms with van der Waals surface area (Å²) < 4.78 is 2.97. The molecule has 7 nitrogen and oxygen atoms in total. The van der Waals surface area contributed by atoms with E-state index in [-0.39, 0.29) is 20.5 Å². The number of aromatic nitrogens is 5. The molecule has 0 atom stereocenters. The Morgan fingerprint density at radius 1 is 1.27 bits per heavy atom. The number of nitrogens with two attached hydrogens (primary N) is 1. The van der Waals surface area contributed by atoms with E-state index in [0.717, 1.165) is 11.0 Å². The SMILES string of the molecule is Nc1c(C[Se]c2ccccc2)nc2[nH]c(=O)c3[nH]cnc3n12. The van der Waals surface area contributed by atoms with Crippen LogP contribution >= 0.6 is 0 Å². The fourth-order valence-electron chi connectivity index (χ4n) is 2.34. The fraction of sp³-hybridized carbons (Fsp3) is 0.0714. The second-order valence-corrected chi connectivity index (χ2v) is 6.96. The van der Waals surface area contributed by atoms with Gasteiger partial charge in [-0.1, -0.05) is 0 Å². The summed E-state index contributed by atoms with van der Waals surface area (Å²) in [5, 5.41) is 0.762. The molecule has 3 heterocycles. The van der Waals surface area contributed by atoms with Gasteiger partial charge in [-0.15, -0.1) is 0 Å². The van der Waals surface area contributed by atoms with Gasteiger partial charge in [0, 0.05) is 0 Å². The van der Waals surface area contributed by atoms with Gasteiger partial charge in [0.15, 0.2) is 0 Å². The molecule has 0 radical (unpaired) electrons. The van der Waals surface area contributed by atoms with Crippen molar-refractivity contribution in [3.05, 3.63) is 52.7 Å².